The maximum atomic E-state index is 13.4. The van der Waals surface area contributed by atoms with E-state index in [9.17, 15) is 16.8 Å². The third-order valence-corrected chi connectivity index (χ3v) is 8.03. The number of pyridine rings is 1. The predicted molar refractivity (Wildman–Crippen MR) is 140 cm³/mol. The molecule has 0 amide bonds. The lowest BCUT2D eigenvalue weighted by atomic mass is 10.0. The molecule has 11 heteroatoms. The van der Waals surface area contributed by atoms with Crippen LogP contribution < -0.4 is 14.2 Å². The Balaban J connectivity index is 1.92. The van der Waals surface area contributed by atoms with Crippen LogP contribution in [0.4, 0.5) is 5.69 Å². The minimum atomic E-state index is -3.86. The van der Waals surface area contributed by atoms with Gasteiger partial charge in [-0.1, -0.05) is 24.6 Å². The maximum Gasteiger partial charge on any atom is 0.269 e. The molecule has 0 saturated heterocycles. The Morgan fingerprint density at radius 2 is 1.69 bits per heavy atom. The molecule has 4 aromatic rings. The fourth-order valence-corrected chi connectivity index (χ4v) is 5.94. The Bertz CT molecular complexity index is 1660. The van der Waals surface area contributed by atoms with E-state index in [2.05, 4.69) is 9.71 Å². The van der Waals surface area contributed by atoms with Crippen LogP contribution in [-0.2, 0) is 26.5 Å². The van der Waals surface area contributed by atoms with Crippen molar-refractivity contribution in [2.75, 3.05) is 25.2 Å². The van der Waals surface area contributed by atoms with E-state index in [1.165, 1.54) is 24.4 Å². The average molecular weight is 530 g/mol. The van der Waals surface area contributed by atoms with Gasteiger partial charge in [0, 0.05) is 28.9 Å². The standard InChI is InChI=1S/C25H27N3O6S2/c1-6-17-15-28(36(31,32)19-9-7-16(2)8-10-19)25-21(17)13-18(14-26-25)20-11-12-22(33-3)23(24(20)34-4)27-35(5,29)30/h7-15,27H,6H2,1-5H3. The fraction of sp³-hybridized carbons (Fsp3) is 0.240. The van der Waals surface area contributed by atoms with E-state index in [0.717, 1.165) is 17.4 Å². The minimum Gasteiger partial charge on any atom is -0.494 e. The van der Waals surface area contributed by atoms with Crippen molar-refractivity contribution in [1.82, 2.24) is 8.96 Å². The molecule has 0 bridgehead atoms. The third kappa shape index (κ3) is 4.63. The Kier molecular flexibility index (Phi) is 6.72. The molecule has 2 aromatic heterocycles. The summed E-state index contributed by atoms with van der Waals surface area (Å²) in [5, 5.41) is 0.668. The number of methoxy groups -OCH3 is 2. The summed E-state index contributed by atoms with van der Waals surface area (Å²) in [7, 11) is -4.63. The highest BCUT2D eigenvalue weighted by atomic mass is 32.2. The molecule has 2 aromatic carbocycles. The highest BCUT2D eigenvalue weighted by molar-refractivity contribution is 7.92. The fourth-order valence-electron chi connectivity index (χ4n) is 4.03. The number of hydrogen-bond donors (Lipinski definition) is 1. The van der Waals surface area contributed by atoms with Crippen molar-refractivity contribution >= 4 is 36.8 Å². The first-order chi connectivity index (χ1) is 17.0. The van der Waals surface area contributed by atoms with Gasteiger partial charge in [-0.2, -0.15) is 0 Å². The van der Waals surface area contributed by atoms with Crippen molar-refractivity contribution in [3.05, 3.63) is 66.0 Å². The minimum absolute atomic E-state index is 0.162. The van der Waals surface area contributed by atoms with E-state index in [0.29, 0.717) is 34.3 Å². The summed E-state index contributed by atoms with van der Waals surface area (Å²) in [4.78, 5) is 4.69. The van der Waals surface area contributed by atoms with Crippen LogP contribution in [0.5, 0.6) is 11.5 Å². The van der Waals surface area contributed by atoms with E-state index in [-0.39, 0.29) is 16.3 Å². The zero-order valence-electron chi connectivity index (χ0n) is 20.6. The SMILES string of the molecule is CCc1cn(S(=O)(=O)c2ccc(C)cc2)c2ncc(-c3ccc(OC)c(NS(C)(=O)=O)c3OC)cc12. The molecule has 190 valence electrons. The lowest BCUT2D eigenvalue weighted by molar-refractivity contribution is 0.399. The molecule has 36 heavy (non-hydrogen) atoms. The lowest BCUT2D eigenvalue weighted by Crippen LogP contribution is -2.12. The molecular weight excluding hydrogens is 502 g/mol. The molecule has 0 atom stereocenters. The Hall–Kier alpha value is -3.57. The second kappa shape index (κ2) is 9.47. The van der Waals surface area contributed by atoms with Crippen molar-refractivity contribution < 1.29 is 26.3 Å². The number of anilines is 1. The van der Waals surface area contributed by atoms with Gasteiger partial charge in [0.05, 0.1) is 25.4 Å². The number of rotatable bonds is 8. The second-order valence-electron chi connectivity index (χ2n) is 8.31. The Labute approximate surface area is 210 Å². The number of sulfonamides is 1. The molecule has 0 aliphatic carbocycles. The summed E-state index contributed by atoms with van der Waals surface area (Å²) in [6.45, 7) is 3.83. The van der Waals surface area contributed by atoms with Crippen molar-refractivity contribution in [3.63, 3.8) is 0 Å². The summed E-state index contributed by atoms with van der Waals surface area (Å²) in [6.07, 6.45) is 4.76. The van der Waals surface area contributed by atoms with Gasteiger partial charge in [0.1, 0.15) is 11.4 Å². The van der Waals surface area contributed by atoms with Gasteiger partial charge in [-0.05, 0) is 49.2 Å². The molecule has 9 nitrogen and oxygen atoms in total. The van der Waals surface area contributed by atoms with Gasteiger partial charge in [0.15, 0.2) is 11.4 Å². The third-order valence-electron chi connectivity index (χ3n) is 5.80. The van der Waals surface area contributed by atoms with E-state index < -0.39 is 20.0 Å². The first-order valence-corrected chi connectivity index (χ1v) is 14.4. The first-order valence-electron chi connectivity index (χ1n) is 11.1. The lowest BCUT2D eigenvalue weighted by Gasteiger charge is -2.17. The molecule has 0 spiro atoms. The number of ether oxygens (including phenoxy) is 2. The number of nitrogens with one attached hydrogen (secondary N) is 1. The number of aryl methyl sites for hydroxylation is 2. The smallest absolute Gasteiger partial charge is 0.269 e. The van der Waals surface area contributed by atoms with Gasteiger partial charge in [0.25, 0.3) is 10.0 Å². The quantitative estimate of drug-likeness (QED) is 0.364. The predicted octanol–water partition coefficient (Wildman–Crippen LogP) is 4.20. The van der Waals surface area contributed by atoms with Crippen LogP contribution in [0.1, 0.15) is 18.1 Å². The van der Waals surface area contributed by atoms with Crippen molar-refractivity contribution in [2.45, 2.75) is 25.2 Å². The number of fused-ring (bicyclic) bond motifs is 1. The van der Waals surface area contributed by atoms with E-state index in [1.54, 1.807) is 42.6 Å². The molecule has 0 aliphatic rings. The first kappa shape index (κ1) is 25.5. The van der Waals surface area contributed by atoms with E-state index in [1.807, 2.05) is 19.9 Å². The average Bonchev–Trinajstić information content (AvgIpc) is 3.22. The molecule has 1 N–H and O–H groups in total. The summed E-state index contributed by atoms with van der Waals surface area (Å²) in [6, 6.07) is 11.9. The molecule has 4 rings (SSSR count). The molecular formula is C25H27N3O6S2. The molecule has 0 fully saturated rings. The van der Waals surface area contributed by atoms with E-state index >= 15 is 0 Å². The van der Waals surface area contributed by atoms with Crippen LogP contribution in [0.25, 0.3) is 22.2 Å². The zero-order valence-corrected chi connectivity index (χ0v) is 22.2. The van der Waals surface area contributed by atoms with E-state index in [4.69, 9.17) is 9.47 Å². The normalized spacial score (nSPS) is 12.0. The summed E-state index contributed by atoms with van der Waals surface area (Å²) >= 11 is 0. The maximum absolute atomic E-state index is 13.4. The number of benzene rings is 2. The highest BCUT2D eigenvalue weighted by Gasteiger charge is 2.24. The van der Waals surface area contributed by atoms with Gasteiger partial charge < -0.3 is 9.47 Å². The number of aromatic nitrogens is 2. The number of nitrogens with zero attached hydrogens (tertiary/aromatic N) is 2. The zero-order chi connectivity index (χ0) is 26.3. The van der Waals surface area contributed by atoms with Crippen LogP contribution in [0.3, 0.4) is 0 Å². The van der Waals surface area contributed by atoms with Crippen molar-refractivity contribution in [3.8, 4) is 22.6 Å². The highest BCUT2D eigenvalue weighted by Crippen LogP contribution is 2.43. The van der Waals surface area contributed by atoms with Crippen LogP contribution in [-0.4, -0.2) is 46.3 Å². The van der Waals surface area contributed by atoms with Gasteiger partial charge in [0.2, 0.25) is 10.0 Å². The molecule has 0 radical (unpaired) electrons. The second-order valence-corrected chi connectivity index (χ2v) is 11.9. The van der Waals surface area contributed by atoms with Gasteiger partial charge in [-0.25, -0.2) is 25.8 Å². The van der Waals surface area contributed by atoms with Crippen molar-refractivity contribution in [1.29, 1.82) is 0 Å². The Morgan fingerprint density at radius 3 is 2.28 bits per heavy atom. The Morgan fingerprint density at radius 1 is 1.00 bits per heavy atom. The summed E-state index contributed by atoms with van der Waals surface area (Å²) < 4.78 is 65.4. The topological polar surface area (TPSA) is 117 Å². The van der Waals surface area contributed by atoms with Gasteiger partial charge >= 0.3 is 0 Å². The molecule has 0 aliphatic heterocycles. The van der Waals surface area contributed by atoms with Crippen molar-refractivity contribution in [2.24, 2.45) is 0 Å². The van der Waals surface area contributed by atoms with Gasteiger partial charge in [-0.15, -0.1) is 0 Å². The van der Waals surface area contributed by atoms with Gasteiger partial charge in [-0.3, -0.25) is 4.72 Å². The summed E-state index contributed by atoms with van der Waals surface area (Å²) in [5.41, 5.74) is 3.42. The van der Waals surface area contributed by atoms with Crippen LogP contribution in [0.2, 0.25) is 0 Å². The summed E-state index contributed by atoms with van der Waals surface area (Å²) in [5.74, 6) is 0.547. The van der Waals surface area contributed by atoms with Crippen LogP contribution in [0.15, 0.2) is 59.8 Å². The monoisotopic (exact) mass is 529 g/mol. The number of hydrogen-bond acceptors (Lipinski definition) is 7. The molecule has 2 heterocycles. The van der Waals surface area contributed by atoms with Crippen LogP contribution >= 0.6 is 0 Å². The van der Waals surface area contributed by atoms with Crippen LogP contribution in [0, 0.1) is 6.92 Å². The molecule has 0 unspecified atom stereocenters. The molecule has 0 saturated carbocycles. The largest absolute Gasteiger partial charge is 0.494 e.